The van der Waals surface area contributed by atoms with E-state index in [0.29, 0.717) is 12.3 Å². The van der Waals surface area contributed by atoms with Gasteiger partial charge in [0.2, 0.25) is 5.76 Å². The number of hydrogen-bond acceptors (Lipinski definition) is 6. The van der Waals surface area contributed by atoms with Gasteiger partial charge in [-0.2, -0.15) is 5.26 Å². The van der Waals surface area contributed by atoms with Crippen molar-refractivity contribution in [2.24, 2.45) is 0 Å². The lowest BCUT2D eigenvalue weighted by atomic mass is 10.3. The highest BCUT2D eigenvalue weighted by atomic mass is 32.2. The van der Waals surface area contributed by atoms with Gasteiger partial charge in [0.25, 0.3) is 0 Å². The van der Waals surface area contributed by atoms with Gasteiger partial charge in [0.15, 0.2) is 4.34 Å². The predicted molar refractivity (Wildman–Crippen MR) is 82.2 cm³/mol. The lowest BCUT2D eigenvalue weighted by Gasteiger charge is -2.03. The summed E-state index contributed by atoms with van der Waals surface area (Å²) >= 11 is 3.34. The van der Waals surface area contributed by atoms with E-state index in [1.165, 1.54) is 0 Å². The molecule has 100 valence electrons. The SMILES string of the molecule is CSc1nc2ccc(NCc3ccc(C#N)o3)cc2s1. The summed E-state index contributed by atoms with van der Waals surface area (Å²) in [6.45, 7) is 0.557. The van der Waals surface area contributed by atoms with Crippen LogP contribution in [0.3, 0.4) is 0 Å². The normalized spacial score (nSPS) is 10.6. The zero-order valence-corrected chi connectivity index (χ0v) is 12.3. The number of anilines is 1. The van der Waals surface area contributed by atoms with Crippen molar-refractivity contribution in [3.05, 3.63) is 41.9 Å². The molecule has 0 saturated carbocycles. The summed E-state index contributed by atoms with van der Waals surface area (Å²) in [5, 5.41) is 12.0. The number of thiazole rings is 1. The molecule has 0 unspecified atom stereocenters. The maximum atomic E-state index is 8.71. The Labute approximate surface area is 124 Å². The number of rotatable bonds is 4. The monoisotopic (exact) mass is 301 g/mol. The van der Waals surface area contributed by atoms with Crippen LogP contribution in [-0.2, 0) is 6.54 Å². The molecule has 6 heteroatoms. The van der Waals surface area contributed by atoms with E-state index in [2.05, 4.69) is 16.4 Å². The molecule has 1 N–H and O–H groups in total. The Morgan fingerprint density at radius 1 is 1.40 bits per heavy atom. The van der Waals surface area contributed by atoms with Crippen molar-refractivity contribution in [1.29, 1.82) is 5.26 Å². The number of nitriles is 1. The highest BCUT2D eigenvalue weighted by Gasteiger charge is 2.05. The van der Waals surface area contributed by atoms with E-state index in [-0.39, 0.29) is 0 Å². The maximum absolute atomic E-state index is 8.71. The average molecular weight is 301 g/mol. The van der Waals surface area contributed by atoms with Gasteiger partial charge in [-0.05, 0) is 36.6 Å². The molecule has 0 spiro atoms. The minimum atomic E-state index is 0.337. The number of benzene rings is 1. The second kappa shape index (κ2) is 5.57. The molecule has 0 saturated heterocycles. The van der Waals surface area contributed by atoms with E-state index in [1.807, 2.05) is 30.5 Å². The van der Waals surface area contributed by atoms with E-state index >= 15 is 0 Å². The van der Waals surface area contributed by atoms with Crippen LogP contribution in [0.5, 0.6) is 0 Å². The molecule has 2 aromatic heterocycles. The van der Waals surface area contributed by atoms with E-state index in [9.17, 15) is 0 Å². The molecule has 20 heavy (non-hydrogen) atoms. The van der Waals surface area contributed by atoms with Crippen LogP contribution in [0.2, 0.25) is 0 Å². The number of hydrogen-bond donors (Lipinski definition) is 1. The van der Waals surface area contributed by atoms with Crippen molar-refractivity contribution in [3.63, 3.8) is 0 Å². The van der Waals surface area contributed by atoms with Crippen molar-refractivity contribution in [1.82, 2.24) is 4.98 Å². The van der Waals surface area contributed by atoms with Crippen LogP contribution in [0.15, 0.2) is 39.1 Å². The molecule has 0 radical (unpaired) electrons. The van der Waals surface area contributed by atoms with Gasteiger partial charge < -0.3 is 9.73 Å². The summed E-state index contributed by atoms with van der Waals surface area (Å²) in [5.41, 5.74) is 2.04. The average Bonchev–Trinajstić information content (AvgIpc) is 3.10. The summed E-state index contributed by atoms with van der Waals surface area (Å²) in [4.78, 5) is 4.50. The molecule has 3 rings (SSSR count). The van der Waals surface area contributed by atoms with E-state index in [0.717, 1.165) is 26.0 Å². The smallest absolute Gasteiger partial charge is 0.203 e. The number of aromatic nitrogens is 1. The van der Waals surface area contributed by atoms with Crippen LogP contribution in [-0.4, -0.2) is 11.2 Å². The molecule has 2 heterocycles. The van der Waals surface area contributed by atoms with Gasteiger partial charge in [0.05, 0.1) is 16.8 Å². The molecular formula is C14H11N3OS2. The number of nitrogens with zero attached hydrogens (tertiary/aromatic N) is 2. The standard InChI is InChI=1S/C14H11N3OS2/c1-19-14-17-12-5-2-9(6-13(12)20-14)16-8-11-4-3-10(7-15)18-11/h2-6,16H,8H2,1H3. The van der Waals surface area contributed by atoms with Crippen LogP contribution < -0.4 is 5.32 Å². The first kappa shape index (κ1) is 13.0. The Kier molecular flexibility index (Phi) is 3.63. The minimum Gasteiger partial charge on any atom is -0.449 e. The van der Waals surface area contributed by atoms with Gasteiger partial charge in [-0.1, -0.05) is 11.8 Å². The Morgan fingerprint density at radius 2 is 2.30 bits per heavy atom. The first-order valence-electron chi connectivity index (χ1n) is 5.96. The first-order valence-corrected chi connectivity index (χ1v) is 8.00. The highest BCUT2D eigenvalue weighted by Crippen LogP contribution is 2.30. The molecule has 0 bridgehead atoms. The van der Waals surface area contributed by atoms with Crippen LogP contribution in [0.4, 0.5) is 5.69 Å². The third-order valence-electron chi connectivity index (χ3n) is 2.78. The Balaban J connectivity index is 1.75. The maximum Gasteiger partial charge on any atom is 0.203 e. The molecule has 0 atom stereocenters. The molecule has 0 amide bonds. The van der Waals surface area contributed by atoms with Crippen LogP contribution in [0, 0.1) is 11.3 Å². The van der Waals surface area contributed by atoms with Gasteiger partial charge in [-0.3, -0.25) is 0 Å². The molecule has 1 aromatic carbocycles. The van der Waals surface area contributed by atoms with Gasteiger partial charge in [0.1, 0.15) is 11.8 Å². The summed E-state index contributed by atoms with van der Waals surface area (Å²) in [7, 11) is 0. The quantitative estimate of drug-likeness (QED) is 0.735. The van der Waals surface area contributed by atoms with E-state index in [1.54, 1.807) is 29.2 Å². The summed E-state index contributed by atoms with van der Waals surface area (Å²) < 4.78 is 7.56. The number of thioether (sulfide) groups is 1. The third kappa shape index (κ3) is 2.64. The van der Waals surface area contributed by atoms with Crippen molar-refractivity contribution in [2.75, 3.05) is 11.6 Å². The van der Waals surface area contributed by atoms with Gasteiger partial charge in [0, 0.05) is 5.69 Å². The number of fused-ring (bicyclic) bond motifs is 1. The van der Waals surface area contributed by atoms with Crippen molar-refractivity contribution in [3.8, 4) is 6.07 Å². The number of furan rings is 1. The van der Waals surface area contributed by atoms with Gasteiger partial charge >= 0.3 is 0 Å². The predicted octanol–water partition coefficient (Wildman–Crippen LogP) is 4.09. The Bertz CT molecular complexity index is 785. The van der Waals surface area contributed by atoms with Crippen molar-refractivity contribution in [2.45, 2.75) is 10.9 Å². The fraction of sp³-hybridized carbons (Fsp3) is 0.143. The summed E-state index contributed by atoms with van der Waals surface area (Å²) in [6, 6.07) is 11.6. The lowest BCUT2D eigenvalue weighted by molar-refractivity contribution is 0.506. The topological polar surface area (TPSA) is 61.9 Å². The molecule has 4 nitrogen and oxygen atoms in total. The van der Waals surface area contributed by atoms with Crippen molar-refractivity contribution < 1.29 is 4.42 Å². The highest BCUT2D eigenvalue weighted by molar-refractivity contribution is 8.00. The fourth-order valence-electron chi connectivity index (χ4n) is 1.82. The fourth-order valence-corrected chi connectivity index (χ4v) is 3.35. The minimum absolute atomic E-state index is 0.337. The lowest BCUT2D eigenvalue weighted by Crippen LogP contribution is -1.97. The first-order chi connectivity index (χ1) is 9.78. The van der Waals surface area contributed by atoms with Crippen LogP contribution in [0.1, 0.15) is 11.5 Å². The molecule has 0 fully saturated rings. The summed E-state index contributed by atoms with van der Waals surface area (Å²) in [6.07, 6.45) is 2.03. The second-order valence-corrected chi connectivity index (χ2v) is 6.18. The van der Waals surface area contributed by atoms with Gasteiger partial charge in [-0.25, -0.2) is 4.98 Å². The van der Waals surface area contributed by atoms with E-state index in [4.69, 9.17) is 9.68 Å². The number of nitrogens with one attached hydrogen (secondary N) is 1. The van der Waals surface area contributed by atoms with Crippen LogP contribution in [0.25, 0.3) is 10.2 Å². The largest absolute Gasteiger partial charge is 0.449 e. The van der Waals surface area contributed by atoms with Crippen molar-refractivity contribution >= 4 is 39.0 Å². The van der Waals surface area contributed by atoms with E-state index < -0.39 is 0 Å². The zero-order valence-electron chi connectivity index (χ0n) is 10.7. The second-order valence-electron chi connectivity index (χ2n) is 4.10. The molecule has 0 aliphatic carbocycles. The molecule has 0 aliphatic rings. The van der Waals surface area contributed by atoms with Gasteiger partial charge in [-0.15, -0.1) is 11.3 Å². The third-order valence-corrected chi connectivity index (χ3v) is 4.79. The molecule has 3 aromatic rings. The Morgan fingerprint density at radius 3 is 3.05 bits per heavy atom. The van der Waals surface area contributed by atoms with Crippen LogP contribution >= 0.6 is 23.1 Å². The molecule has 0 aliphatic heterocycles. The Hall–Kier alpha value is -1.97. The molecular weight excluding hydrogens is 290 g/mol. The summed E-state index contributed by atoms with van der Waals surface area (Å²) in [5.74, 6) is 1.08. The zero-order chi connectivity index (χ0) is 13.9.